The van der Waals surface area contributed by atoms with Gasteiger partial charge in [-0.1, -0.05) is 24.3 Å². The molecule has 0 aliphatic rings. The highest BCUT2D eigenvalue weighted by molar-refractivity contribution is 5.79. The van der Waals surface area contributed by atoms with Gasteiger partial charge in [0, 0.05) is 25.7 Å². The number of aliphatic imine (C=N–C) groups is 1. The molecule has 0 heterocycles. The van der Waals surface area contributed by atoms with Crippen molar-refractivity contribution >= 4 is 5.96 Å². The van der Waals surface area contributed by atoms with Crippen LogP contribution < -0.4 is 20.1 Å². The van der Waals surface area contributed by atoms with Crippen LogP contribution in [-0.2, 0) is 13.1 Å². The minimum absolute atomic E-state index is 0.205. The summed E-state index contributed by atoms with van der Waals surface area (Å²) < 4.78 is 24.3. The molecule has 0 saturated carbocycles. The normalized spacial score (nSPS) is 11.2. The quantitative estimate of drug-likeness (QED) is 0.624. The number of aryl methyl sites for hydroxylation is 1. The monoisotopic (exact) mass is 345 g/mol. The lowest BCUT2D eigenvalue weighted by atomic mass is 10.1. The molecule has 0 bridgehead atoms. The van der Waals surface area contributed by atoms with E-state index in [2.05, 4.69) is 15.6 Å². The largest absolute Gasteiger partial charge is 0.493 e. The Morgan fingerprint density at radius 2 is 1.84 bits per heavy atom. The zero-order valence-electron chi connectivity index (χ0n) is 15.0. The van der Waals surface area contributed by atoms with Crippen LogP contribution in [-0.4, -0.2) is 27.2 Å². The van der Waals surface area contributed by atoms with Crippen molar-refractivity contribution in [1.82, 2.24) is 10.6 Å². The molecule has 2 N–H and O–H groups in total. The van der Waals surface area contributed by atoms with E-state index in [-0.39, 0.29) is 5.82 Å². The van der Waals surface area contributed by atoms with Gasteiger partial charge in [0.25, 0.3) is 0 Å². The van der Waals surface area contributed by atoms with E-state index in [4.69, 9.17) is 9.47 Å². The highest BCUT2D eigenvalue weighted by Gasteiger charge is 2.10. The topological polar surface area (TPSA) is 54.9 Å². The first-order chi connectivity index (χ1) is 12.1. The van der Waals surface area contributed by atoms with Crippen LogP contribution in [0.25, 0.3) is 0 Å². The minimum atomic E-state index is -0.205. The smallest absolute Gasteiger partial charge is 0.191 e. The molecule has 2 aromatic carbocycles. The zero-order valence-corrected chi connectivity index (χ0v) is 15.0. The van der Waals surface area contributed by atoms with Gasteiger partial charge in [-0.25, -0.2) is 4.39 Å². The number of rotatable bonds is 6. The average molecular weight is 345 g/mol. The van der Waals surface area contributed by atoms with Crippen molar-refractivity contribution < 1.29 is 13.9 Å². The molecule has 0 atom stereocenters. The molecule has 0 radical (unpaired) electrons. The van der Waals surface area contributed by atoms with E-state index in [1.165, 1.54) is 6.07 Å². The Kier molecular flexibility index (Phi) is 6.62. The fraction of sp³-hybridized carbons (Fsp3) is 0.316. The lowest BCUT2D eigenvalue weighted by molar-refractivity contribution is 0.351. The summed E-state index contributed by atoms with van der Waals surface area (Å²) in [5.74, 6) is 1.78. The molecule has 0 aliphatic carbocycles. The number of benzene rings is 2. The third-order valence-corrected chi connectivity index (χ3v) is 3.85. The Labute approximate surface area is 147 Å². The molecule has 0 aliphatic heterocycles. The summed E-state index contributed by atoms with van der Waals surface area (Å²) in [4.78, 5) is 4.18. The maximum absolute atomic E-state index is 13.6. The van der Waals surface area contributed by atoms with Crippen molar-refractivity contribution in [2.24, 2.45) is 4.99 Å². The highest BCUT2D eigenvalue weighted by Crippen LogP contribution is 2.30. The van der Waals surface area contributed by atoms with Crippen molar-refractivity contribution in [1.29, 1.82) is 0 Å². The Bertz CT molecular complexity index is 747. The van der Waals surface area contributed by atoms with E-state index in [1.807, 2.05) is 24.3 Å². The molecular weight excluding hydrogens is 321 g/mol. The summed E-state index contributed by atoms with van der Waals surface area (Å²) >= 11 is 0. The molecule has 25 heavy (non-hydrogen) atoms. The van der Waals surface area contributed by atoms with Gasteiger partial charge < -0.3 is 20.1 Å². The fourth-order valence-electron chi connectivity index (χ4n) is 2.42. The number of para-hydroxylation sites is 1. The van der Waals surface area contributed by atoms with E-state index in [9.17, 15) is 4.39 Å². The van der Waals surface area contributed by atoms with E-state index >= 15 is 0 Å². The number of hydrogen-bond acceptors (Lipinski definition) is 3. The summed E-state index contributed by atoms with van der Waals surface area (Å²) in [7, 11) is 4.91. The van der Waals surface area contributed by atoms with E-state index in [0.29, 0.717) is 36.1 Å². The second-order valence-corrected chi connectivity index (χ2v) is 5.52. The van der Waals surface area contributed by atoms with Crippen molar-refractivity contribution in [2.75, 3.05) is 21.3 Å². The molecule has 0 saturated heterocycles. The summed E-state index contributed by atoms with van der Waals surface area (Å²) in [5, 5.41) is 6.39. The van der Waals surface area contributed by atoms with Crippen molar-refractivity contribution in [3.8, 4) is 11.5 Å². The predicted molar refractivity (Wildman–Crippen MR) is 97.7 cm³/mol. The van der Waals surface area contributed by atoms with Crippen LogP contribution in [0.15, 0.2) is 41.4 Å². The van der Waals surface area contributed by atoms with Crippen molar-refractivity contribution in [3.63, 3.8) is 0 Å². The number of methoxy groups -OCH3 is 2. The second-order valence-electron chi connectivity index (χ2n) is 5.52. The third-order valence-electron chi connectivity index (χ3n) is 3.85. The Morgan fingerprint density at radius 3 is 2.48 bits per heavy atom. The molecule has 2 aromatic rings. The van der Waals surface area contributed by atoms with E-state index < -0.39 is 0 Å². The van der Waals surface area contributed by atoms with Crippen LogP contribution in [0.3, 0.4) is 0 Å². The molecule has 0 unspecified atom stereocenters. The predicted octanol–water partition coefficient (Wildman–Crippen LogP) is 3.02. The van der Waals surface area contributed by atoms with Gasteiger partial charge in [0.1, 0.15) is 5.82 Å². The third kappa shape index (κ3) is 4.86. The van der Waals surface area contributed by atoms with Crippen LogP contribution >= 0.6 is 0 Å². The first kappa shape index (κ1) is 18.6. The molecule has 0 spiro atoms. The second kappa shape index (κ2) is 8.92. The maximum Gasteiger partial charge on any atom is 0.191 e. The van der Waals surface area contributed by atoms with Crippen LogP contribution in [0.1, 0.15) is 16.7 Å². The molecule has 5 nitrogen and oxygen atoms in total. The van der Waals surface area contributed by atoms with E-state index in [1.54, 1.807) is 34.3 Å². The molecule has 2 rings (SSSR count). The number of ether oxygens (including phenoxy) is 2. The first-order valence-corrected chi connectivity index (χ1v) is 7.98. The summed E-state index contributed by atoms with van der Waals surface area (Å²) in [6.07, 6.45) is 0. The van der Waals surface area contributed by atoms with Crippen molar-refractivity contribution in [2.45, 2.75) is 20.0 Å². The first-order valence-electron chi connectivity index (χ1n) is 7.98. The summed E-state index contributed by atoms with van der Waals surface area (Å²) in [6.45, 7) is 2.74. The van der Waals surface area contributed by atoms with Crippen molar-refractivity contribution in [3.05, 3.63) is 58.9 Å². The molecule has 0 fully saturated rings. The highest BCUT2D eigenvalue weighted by atomic mass is 19.1. The Morgan fingerprint density at radius 1 is 1.08 bits per heavy atom. The molecule has 6 heteroatoms. The minimum Gasteiger partial charge on any atom is -0.493 e. The number of nitrogens with zero attached hydrogens (tertiary/aromatic N) is 1. The molecule has 0 amide bonds. The van der Waals surface area contributed by atoms with Gasteiger partial charge in [-0.3, -0.25) is 4.99 Å². The average Bonchev–Trinajstić information content (AvgIpc) is 2.64. The van der Waals surface area contributed by atoms with Gasteiger partial charge in [0.15, 0.2) is 17.5 Å². The molecule has 0 aromatic heterocycles. The number of guanidine groups is 1. The summed E-state index contributed by atoms with van der Waals surface area (Å²) in [6, 6.07) is 10.9. The SMILES string of the molecule is CN=C(NCc1ccc(C)c(F)c1)NCc1cccc(OC)c1OC. The van der Waals surface area contributed by atoms with E-state index in [0.717, 1.165) is 11.1 Å². The zero-order chi connectivity index (χ0) is 18.2. The molecule has 134 valence electrons. The molecular formula is C19H24FN3O2. The Hall–Kier alpha value is -2.76. The van der Waals surface area contributed by atoms with Crippen LogP contribution in [0.2, 0.25) is 0 Å². The lowest BCUT2D eigenvalue weighted by Gasteiger charge is -2.15. The number of halogens is 1. The maximum atomic E-state index is 13.6. The van der Waals surface area contributed by atoms with Crippen LogP contribution in [0.4, 0.5) is 4.39 Å². The fourth-order valence-corrected chi connectivity index (χ4v) is 2.42. The van der Waals surface area contributed by atoms with Crippen LogP contribution in [0.5, 0.6) is 11.5 Å². The summed E-state index contributed by atoms with van der Waals surface area (Å²) in [5.41, 5.74) is 2.44. The van der Waals surface area contributed by atoms with Gasteiger partial charge in [0.2, 0.25) is 0 Å². The standard InChI is InChI=1S/C19H24FN3O2/c1-13-8-9-14(10-16(13)20)11-22-19(21-2)23-12-15-6-5-7-17(24-3)18(15)25-4/h5-10H,11-12H2,1-4H3,(H2,21,22,23). The lowest BCUT2D eigenvalue weighted by Crippen LogP contribution is -2.36. The van der Waals surface area contributed by atoms with Crippen LogP contribution in [0, 0.1) is 12.7 Å². The van der Waals surface area contributed by atoms with Gasteiger partial charge in [0.05, 0.1) is 14.2 Å². The van der Waals surface area contributed by atoms with Gasteiger partial charge in [-0.05, 0) is 30.2 Å². The van der Waals surface area contributed by atoms with Gasteiger partial charge >= 0.3 is 0 Å². The number of nitrogens with one attached hydrogen (secondary N) is 2. The van der Waals surface area contributed by atoms with Gasteiger partial charge in [-0.15, -0.1) is 0 Å². The van der Waals surface area contributed by atoms with Gasteiger partial charge in [-0.2, -0.15) is 0 Å². The number of hydrogen-bond donors (Lipinski definition) is 2. The Balaban J connectivity index is 1.98.